The number of hydrogen-bond donors (Lipinski definition) is 1. The molecule has 0 aliphatic carbocycles. The van der Waals surface area contributed by atoms with Gasteiger partial charge in [-0.05, 0) is 76.3 Å². The van der Waals surface area contributed by atoms with E-state index >= 15 is 0 Å². The highest BCUT2D eigenvalue weighted by atomic mass is 79.9. The molecule has 0 bridgehead atoms. The highest BCUT2D eigenvalue weighted by Crippen LogP contribution is 2.37. The summed E-state index contributed by atoms with van der Waals surface area (Å²) in [6.45, 7) is 2.04. The molecule has 3 aromatic rings. The molecule has 0 atom stereocenters. The van der Waals surface area contributed by atoms with Gasteiger partial charge in [0.15, 0.2) is 0 Å². The van der Waals surface area contributed by atoms with E-state index in [-0.39, 0.29) is 5.91 Å². The standard InChI is InChI=1S/C20H13Br2NOS/c1-11-17(21)7-12(8-18(11)22)6-16-15-9-13(14-4-5-25-10-14)2-3-19(15)23-20(16)24/h2-10H,1H3,(H,23,24). The third-order valence-electron chi connectivity index (χ3n) is 4.27. The van der Waals surface area contributed by atoms with Gasteiger partial charge in [-0.15, -0.1) is 0 Å². The van der Waals surface area contributed by atoms with Gasteiger partial charge in [0, 0.05) is 25.8 Å². The molecule has 0 spiro atoms. The molecule has 1 amide bonds. The molecule has 0 fully saturated rings. The number of amides is 1. The summed E-state index contributed by atoms with van der Waals surface area (Å²) in [6, 6.07) is 12.3. The molecule has 5 heteroatoms. The van der Waals surface area contributed by atoms with Crippen LogP contribution in [0.5, 0.6) is 0 Å². The van der Waals surface area contributed by atoms with Crippen molar-refractivity contribution in [2.75, 3.05) is 5.32 Å². The highest BCUT2D eigenvalue weighted by molar-refractivity contribution is 9.11. The molecule has 0 unspecified atom stereocenters. The number of thiophene rings is 1. The van der Waals surface area contributed by atoms with Crippen LogP contribution in [0.25, 0.3) is 22.8 Å². The second kappa shape index (κ2) is 6.56. The fourth-order valence-corrected chi connectivity index (χ4v) is 4.74. The summed E-state index contributed by atoms with van der Waals surface area (Å²) in [5.41, 5.74) is 6.90. The van der Waals surface area contributed by atoms with Gasteiger partial charge in [-0.3, -0.25) is 4.79 Å². The molecule has 2 heterocycles. The Morgan fingerprint density at radius 2 is 1.80 bits per heavy atom. The minimum Gasteiger partial charge on any atom is -0.321 e. The second-order valence-corrected chi connectivity index (χ2v) is 8.38. The molecule has 1 N–H and O–H groups in total. The number of carbonyl (C=O) groups excluding carboxylic acids is 1. The van der Waals surface area contributed by atoms with Crippen LogP contribution in [0.2, 0.25) is 0 Å². The van der Waals surface area contributed by atoms with E-state index in [2.05, 4.69) is 60.1 Å². The molecular formula is C20H13Br2NOS. The van der Waals surface area contributed by atoms with Gasteiger partial charge in [0.1, 0.15) is 0 Å². The van der Waals surface area contributed by atoms with E-state index in [0.29, 0.717) is 5.57 Å². The maximum absolute atomic E-state index is 12.5. The van der Waals surface area contributed by atoms with Gasteiger partial charge in [-0.25, -0.2) is 0 Å². The van der Waals surface area contributed by atoms with Crippen molar-refractivity contribution >= 4 is 66.4 Å². The topological polar surface area (TPSA) is 29.1 Å². The minimum absolute atomic E-state index is 0.0645. The van der Waals surface area contributed by atoms with Gasteiger partial charge < -0.3 is 5.32 Å². The predicted molar refractivity (Wildman–Crippen MR) is 113 cm³/mol. The molecule has 25 heavy (non-hydrogen) atoms. The van der Waals surface area contributed by atoms with E-state index in [0.717, 1.165) is 36.9 Å². The molecule has 2 aromatic carbocycles. The van der Waals surface area contributed by atoms with Crippen molar-refractivity contribution < 1.29 is 4.79 Å². The van der Waals surface area contributed by atoms with Crippen molar-refractivity contribution in [3.05, 3.63) is 72.8 Å². The predicted octanol–water partition coefficient (Wildman–Crippen LogP) is 6.74. The van der Waals surface area contributed by atoms with Gasteiger partial charge in [0.05, 0.1) is 0 Å². The minimum atomic E-state index is -0.0645. The number of carbonyl (C=O) groups is 1. The first kappa shape index (κ1) is 16.8. The summed E-state index contributed by atoms with van der Waals surface area (Å²) >= 11 is 8.81. The lowest BCUT2D eigenvalue weighted by Crippen LogP contribution is -2.03. The van der Waals surface area contributed by atoms with Crippen LogP contribution in [0, 0.1) is 6.92 Å². The van der Waals surface area contributed by atoms with Crippen molar-refractivity contribution in [1.82, 2.24) is 0 Å². The Morgan fingerprint density at radius 3 is 2.48 bits per heavy atom. The van der Waals surface area contributed by atoms with E-state index in [9.17, 15) is 4.79 Å². The van der Waals surface area contributed by atoms with Crippen LogP contribution in [0.15, 0.2) is 56.1 Å². The van der Waals surface area contributed by atoms with Crippen LogP contribution in [0.4, 0.5) is 5.69 Å². The number of nitrogens with one attached hydrogen (secondary N) is 1. The first-order chi connectivity index (χ1) is 12.0. The third kappa shape index (κ3) is 3.12. The van der Waals surface area contributed by atoms with Crippen LogP contribution in [-0.4, -0.2) is 5.91 Å². The van der Waals surface area contributed by atoms with Gasteiger partial charge in [0.2, 0.25) is 0 Å². The zero-order valence-corrected chi connectivity index (χ0v) is 17.3. The Labute approximate surface area is 166 Å². The Morgan fingerprint density at radius 1 is 1.04 bits per heavy atom. The van der Waals surface area contributed by atoms with Gasteiger partial charge in [-0.1, -0.05) is 37.9 Å². The lowest BCUT2D eigenvalue weighted by molar-refractivity contribution is -0.110. The zero-order chi connectivity index (χ0) is 17.6. The van der Waals surface area contributed by atoms with E-state index in [1.807, 2.05) is 37.3 Å². The second-order valence-electron chi connectivity index (χ2n) is 5.89. The number of hydrogen-bond acceptors (Lipinski definition) is 2. The monoisotopic (exact) mass is 473 g/mol. The summed E-state index contributed by atoms with van der Waals surface area (Å²) < 4.78 is 2.03. The quantitative estimate of drug-likeness (QED) is 0.409. The average Bonchev–Trinajstić information content (AvgIpc) is 3.21. The van der Waals surface area contributed by atoms with Crippen molar-refractivity contribution in [2.24, 2.45) is 0 Å². The summed E-state index contributed by atoms with van der Waals surface area (Å²) in [4.78, 5) is 12.5. The Hall–Kier alpha value is -1.69. The molecule has 0 saturated carbocycles. The number of benzene rings is 2. The first-order valence-electron chi connectivity index (χ1n) is 7.68. The van der Waals surface area contributed by atoms with E-state index in [1.165, 1.54) is 5.56 Å². The van der Waals surface area contributed by atoms with Gasteiger partial charge in [0.25, 0.3) is 5.91 Å². The normalized spacial score (nSPS) is 14.7. The largest absolute Gasteiger partial charge is 0.321 e. The van der Waals surface area contributed by atoms with Crippen molar-refractivity contribution in [3.63, 3.8) is 0 Å². The summed E-state index contributed by atoms with van der Waals surface area (Å²) in [5.74, 6) is -0.0645. The van der Waals surface area contributed by atoms with Crippen LogP contribution in [0.1, 0.15) is 16.7 Å². The summed E-state index contributed by atoms with van der Waals surface area (Å²) in [5, 5.41) is 7.13. The first-order valence-corrected chi connectivity index (χ1v) is 10.2. The lowest BCUT2D eigenvalue weighted by Gasteiger charge is -2.06. The Balaban J connectivity index is 1.82. The average molecular weight is 475 g/mol. The number of halogens is 2. The van der Waals surface area contributed by atoms with Crippen LogP contribution in [-0.2, 0) is 4.79 Å². The van der Waals surface area contributed by atoms with Crippen molar-refractivity contribution in [1.29, 1.82) is 0 Å². The van der Waals surface area contributed by atoms with E-state index in [1.54, 1.807) is 11.3 Å². The zero-order valence-electron chi connectivity index (χ0n) is 13.3. The van der Waals surface area contributed by atoms with Crippen molar-refractivity contribution in [3.8, 4) is 11.1 Å². The summed E-state index contributed by atoms with van der Waals surface area (Å²) in [7, 11) is 0. The third-order valence-corrected chi connectivity index (χ3v) is 6.60. The summed E-state index contributed by atoms with van der Waals surface area (Å²) in [6.07, 6.45) is 1.94. The molecule has 1 aliphatic rings. The molecule has 4 rings (SSSR count). The fraction of sp³-hybridized carbons (Fsp3) is 0.0500. The fourth-order valence-electron chi connectivity index (χ4n) is 2.85. The number of anilines is 1. The number of fused-ring (bicyclic) bond motifs is 1. The molecule has 2 nitrogen and oxygen atoms in total. The van der Waals surface area contributed by atoms with Crippen LogP contribution in [0.3, 0.4) is 0 Å². The molecule has 124 valence electrons. The van der Waals surface area contributed by atoms with Crippen LogP contribution >= 0.6 is 43.2 Å². The smallest absolute Gasteiger partial charge is 0.256 e. The highest BCUT2D eigenvalue weighted by Gasteiger charge is 2.24. The molecule has 0 saturated heterocycles. The van der Waals surface area contributed by atoms with Crippen LogP contribution < -0.4 is 5.32 Å². The Kier molecular flexibility index (Phi) is 4.40. The lowest BCUT2D eigenvalue weighted by atomic mass is 9.99. The SMILES string of the molecule is Cc1c(Br)cc(C=C2C(=O)Nc3ccc(-c4ccsc4)cc32)cc1Br. The molecule has 0 radical (unpaired) electrons. The maximum Gasteiger partial charge on any atom is 0.256 e. The number of rotatable bonds is 2. The van der Waals surface area contributed by atoms with E-state index < -0.39 is 0 Å². The van der Waals surface area contributed by atoms with Gasteiger partial charge in [-0.2, -0.15) is 11.3 Å². The van der Waals surface area contributed by atoms with E-state index in [4.69, 9.17) is 0 Å². The molecule has 1 aliphatic heterocycles. The van der Waals surface area contributed by atoms with Crippen molar-refractivity contribution in [2.45, 2.75) is 6.92 Å². The van der Waals surface area contributed by atoms with Gasteiger partial charge >= 0.3 is 0 Å². The molecule has 1 aromatic heterocycles. The maximum atomic E-state index is 12.5. The molecular weight excluding hydrogens is 462 g/mol. The Bertz CT molecular complexity index is 999.